The molecule has 3 aromatic rings. The fourth-order valence-corrected chi connectivity index (χ4v) is 6.48. The van der Waals surface area contributed by atoms with Crippen molar-refractivity contribution in [1.29, 1.82) is 0 Å². The van der Waals surface area contributed by atoms with Crippen LogP contribution in [-0.2, 0) is 20.8 Å². The van der Waals surface area contributed by atoms with Gasteiger partial charge in [-0.3, -0.25) is 14.4 Å². The number of nitrogen functional groups attached to an aromatic ring is 1. The molecule has 38 heavy (non-hydrogen) atoms. The summed E-state index contributed by atoms with van der Waals surface area (Å²) in [5.41, 5.74) is 5.99. The third-order valence-electron chi connectivity index (χ3n) is 6.64. The lowest BCUT2D eigenvalue weighted by molar-refractivity contribution is -0.161. The van der Waals surface area contributed by atoms with Gasteiger partial charge in [-0.2, -0.15) is 0 Å². The minimum Gasteiger partial charge on any atom is -0.480 e. The van der Waals surface area contributed by atoms with E-state index in [1.807, 2.05) is 0 Å². The van der Waals surface area contributed by atoms with E-state index in [4.69, 9.17) is 10.2 Å². The fraction of sp³-hybridized carbons (Fsp3) is 0.269. The summed E-state index contributed by atoms with van der Waals surface area (Å²) in [6.07, 6.45) is -0.160. The Morgan fingerprint density at radius 1 is 1.13 bits per heavy atom. The van der Waals surface area contributed by atoms with Crippen molar-refractivity contribution in [3.05, 3.63) is 70.1 Å². The third-order valence-corrected chi connectivity index (χ3v) is 8.21. The number of amides is 3. The number of hydrogen-bond donors (Lipinski definition) is 4. The lowest BCUT2D eigenvalue weighted by atomic mass is 9.96. The van der Waals surface area contributed by atoms with E-state index in [9.17, 15) is 29.1 Å². The third kappa shape index (κ3) is 4.26. The molecule has 196 valence electrons. The predicted molar refractivity (Wildman–Crippen MR) is 141 cm³/mol. The van der Waals surface area contributed by atoms with Crippen molar-refractivity contribution >= 4 is 57.8 Å². The zero-order valence-electron chi connectivity index (χ0n) is 20.4. The number of anilines is 2. The van der Waals surface area contributed by atoms with Gasteiger partial charge in [0.25, 0.3) is 5.91 Å². The molecular formula is C26H24N4O7S. The van der Waals surface area contributed by atoms with E-state index >= 15 is 0 Å². The smallest absolute Gasteiger partial charge is 0.349 e. The monoisotopic (exact) mass is 536 g/mol. The Morgan fingerprint density at radius 3 is 2.61 bits per heavy atom. The summed E-state index contributed by atoms with van der Waals surface area (Å²) in [6, 6.07) is 11.1. The first-order valence-electron chi connectivity index (χ1n) is 11.7. The number of nitrogens with two attached hydrogens (primary N) is 1. The highest BCUT2D eigenvalue weighted by atomic mass is 32.2. The average molecular weight is 537 g/mol. The maximum Gasteiger partial charge on any atom is 0.349 e. The number of carbonyl (C=O) groups is 4. The molecule has 3 atom stereocenters. The lowest BCUT2D eigenvalue weighted by Gasteiger charge is -2.43. The lowest BCUT2D eigenvalue weighted by Crippen LogP contribution is -2.70. The molecule has 3 heterocycles. The average Bonchev–Trinajstić information content (AvgIpc) is 3.12. The molecule has 12 heteroatoms. The summed E-state index contributed by atoms with van der Waals surface area (Å²) in [6.45, 7) is 3.51. The van der Waals surface area contributed by atoms with Gasteiger partial charge < -0.3 is 30.8 Å². The van der Waals surface area contributed by atoms with Gasteiger partial charge in [-0.05, 0) is 37.6 Å². The maximum atomic E-state index is 12.9. The van der Waals surface area contributed by atoms with Crippen molar-refractivity contribution in [2.24, 2.45) is 0 Å². The van der Waals surface area contributed by atoms with Gasteiger partial charge in [0.2, 0.25) is 11.8 Å². The maximum absolute atomic E-state index is 12.9. The summed E-state index contributed by atoms with van der Waals surface area (Å²) in [7, 11) is 0. The molecule has 0 spiro atoms. The number of carbonyl (C=O) groups excluding carboxylic acids is 3. The summed E-state index contributed by atoms with van der Waals surface area (Å²) in [5, 5.41) is 14.9. The standard InChI is InChI=1S/C26H24N4O7S/c1-26(2)20(24(34)35)30-22(33)18(23(30)38-26)29-17(31)11-12-6-3-4-9-16(12)28-21(32)14-10-13-7-5-8-15(27)19(13)37-25(14)36/h3-10,18,20,23H,11,27H2,1-2H3,(H,28,32)(H,29,31)(H,34,35)/t18?,20-,23+/m0/s1. The van der Waals surface area contributed by atoms with E-state index in [0.29, 0.717) is 16.6 Å². The van der Waals surface area contributed by atoms with Crippen LogP contribution in [0.2, 0.25) is 0 Å². The molecule has 5 N–H and O–H groups in total. The zero-order chi connectivity index (χ0) is 27.4. The minimum atomic E-state index is -1.09. The van der Waals surface area contributed by atoms with Crippen LogP contribution in [0.5, 0.6) is 0 Å². The van der Waals surface area contributed by atoms with Gasteiger partial charge in [0.05, 0.1) is 12.1 Å². The first kappa shape index (κ1) is 25.3. The molecule has 11 nitrogen and oxygen atoms in total. The Kier molecular flexibility index (Phi) is 6.14. The first-order valence-corrected chi connectivity index (χ1v) is 12.6. The number of hydrogen-bond acceptors (Lipinski definition) is 8. The van der Waals surface area contributed by atoms with E-state index in [0.717, 1.165) is 0 Å². The number of carboxylic acids is 1. The van der Waals surface area contributed by atoms with Gasteiger partial charge in [0.1, 0.15) is 23.0 Å². The van der Waals surface area contributed by atoms with Crippen molar-refractivity contribution in [2.45, 2.75) is 42.5 Å². The second kappa shape index (κ2) is 9.21. The molecule has 0 saturated carbocycles. The summed E-state index contributed by atoms with van der Waals surface area (Å²) >= 11 is 1.33. The van der Waals surface area contributed by atoms with Crippen molar-refractivity contribution < 1.29 is 28.7 Å². The van der Waals surface area contributed by atoms with Gasteiger partial charge in [0, 0.05) is 15.8 Å². The topological polar surface area (TPSA) is 172 Å². The van der Waals surface area contributed by atoms with Crippen LogP contribution in [0.15, 0.2) is 57.7 Å². The second-order valence-electron chi connectivity index (χ2n) is 9.64. The molecule has 2 fully saturated rings. The van der Waals surface area contributed by atoms with Crippen molar-refractivity contribution in [2.75, 3.05) is 11.1 Å². The molecular weight excluding hydrogens is 512 g/mol. The molecule has 3 amide bonds. The number of carboxylic acid groups (broad SMARTS) is 1. The van der Waals surface area contributed by atoms with Crippen molar-refractivity contribution in [3.63, 3.8) is 0 Å². The number of aliphatic carboxylic acids is 1. The van der Waals surface area contributed by atoms with Crippen molar-refractivity contribution in [1.82, 2.24) is 10.2 Å². The molecule has 0 radical (unpaired) electrons. The minimum absolute atomic E-state index is 0.160. The van der Waals surface area contributed by atoms with E-state index in [1.54, 1.807) is 56.3 Å². The van der Waals surface area contributed by atoms with Crippen LogP contribution >= 0.6 is 11.8 Å². The fourth-order valence-electron chi connectivity index (χ4n) is 4.85. The van der Waals surface area contributed by atoms with Crippen molar-refractivity contribution in [3.8, 4) is 0 Å². The number of fused-ring (bicyclic) bond motifs is 2. The van der Waals surface area contributed by atoms with Crippen LogP contribution in [0.3, 0.4) is 0 Å². The highest BCUT2D eigenvalue weighted by molar-refractivity contribution is 8.01. The summed E-state index contributed by atoms with van der Waals surface area (Å²) in [5.74, 6) is -2.72. The van der Waals surface area contributed by atoms with E-state index < -0.39 is 51.5 Å². The summed E-state index contributed by atoms with van der Waals surface area (Å²) in [4.78, 5) is 63.9. The van der Waals surface area contributed by atoms with Gasteiger partial charge in [-0.25, -0.2) is 9.59 Å². The van der Waals surface area contributed by atoms with E-state index in [-0.39, 0.29) is 23.3 Å². The normalized spacial score (nSPS) is 21.5. The zero-order valence-corrected chi connectivity index (χ0v) is 21.2. The largest absolute Gasteiger partial charge is 0.480 e. The number of β-lactam (4-membered cyclic amide) rings is 1. The molecule has 0 aliphatic carbocycles. The quantitative estimate of drug-likeness (QED) is 0.208. The molecule has 1 unspecified atom stereocenters. The molecule has 2 aliphatic rings. The highest BCUT2D eigenvalue weighted by Crippen LogP contribution is 2.50. The SMILES string of the molecule is CC1(C)S[C@@H]2C(NC(=O)Cc3ccccc3NC(=O)c3cc4cccc(N)c4oc3=O)C(=O)N2[C@H]1C(=O)O. The number of nitrogens with zero attached hydrogens (tertiary/aromatic N) is 1. The number of benzene rings is 2. The number of rotatable bonds is 6. The Labute approximate surface area is 220 Å². The van der Waals surface area contributed by atoms with Crippen LogP contribution in [0.4, 0.5) is 11.4 Å². The predicted octanol–water partition coefficient (Wildman–Crippen LogP) is 1.80. The number of thioether (sulfide) groups is 1. The van der Waals surface area contributed by atoms with Crippen LogP contribution in [0, 0.1) is 0 Å². The molecule has 5 rings (SSSR count). The highest BCUT2D eigenvalue weighted by Gasteiger charge is 2.64. The summed E-state index contributed by atoms with van der Waals surface area (Å²) < 4.78 is 4.54. The number of nitrogens with one attached hydrogen (secondary N) is 2. The van der Waals surface area contributed by atoms with E-state index in [1.165, 1.54) is 22.7 Å². The molecule has 2 aliphatic heterocycles. The van der Waals surface area contributed by atoms with Crippen LogP contribution in [-0.4, -0.2) is 55.9 Å². The molecule has 0 bridgehead atoms. The Bertz CT molecular complexity index is 1570. The van der Waals surface area contributed by atoms with Gasteiger partial charge >= 0.3 is 11.6 Å². The van der Waals surface area contributed by atoms with Gasteiger partial charge in [-0.1, -0.05) is 30.3 Å². The van der Waals surface area contributed by atoms with Crippen LogP contribution in [0.25, 0.3) is 11.0 Å². The molecule has 2 saturated heterocycles. The molecule has 1 aromatic heterocycles. The van der Waals surface area contributed by atoms with Crippen LogP contribution in [0.1, 0.15) is 29.8 Å². The first-order chi connectivity index (χ1) is 18.0. The van der Waals surface area contributed by atoms with E-state index in [2.05, 4.69) is 10.6 Å². The Balaban J connectivity index is 1.30. The van der Waals surface area contributed by atoms with Crippen LogP contribution < -0.4 is 22.0 Å². The van der Waals surface area contributed by atoms with Gasteiger partial charge in [0.15, 0.2) is 5.58 Å². The molecule has 2 aromatic carbocycles. The Hall–Kier alpha value is -4.32. The second-order valence-corrected chi connectivity index (χ2v) is 11.4. The Morgan fingerprint density at radius 2 is 1.87 bits per heavy atom. The number of para-hydroxylation sites is 2. The van der Waals surface area contributed by atoms with Gasteiger partial charge in [-0.15, -0.1) is 11.8 Å².